The Kier molecular flexibility index (Phi) is 3.82. The first kappa shape index (κ1) is 18.5. The topological polar surface area (TPSA) is 97.4 Å². The van der Waals surface area contributed by atoms with E-state index in [-0.39, 0.29) is 5.52 Å². The van der Waals surface area contributed by atoms with Gasteiger partial charge in [-0.1, -0.05) is 0 Å². The minimum Gasteiger partial charge on any atom is -0.400 e. The predicted octanol–water partition coefficient (Wildman–Crippen LogP) is 3.93. The van der Waals surface area contributed by atoms with Gasteiger partial charge in [-0.3, -0.25) is 14.8 Å². The molecule has 1 aliphatic heterocycles. The summed E-state index contributed by atoms with van der Waals surface area (Å²) < 4.78 is 30.6. The van der Waals surface area contributed by atoms with E-state index in [0.29, 0.717) is 28.8 Å². The maximum atomic E-state index is 14.5. The van der Waals surface area contributed by atoms with Crippen LogP contribution in [0.2, 0.25) is 0 Å². The third kappa shape index (κ3) is 2.54. The van der Waals surface area contributed by atoms with Gasteiger partial charge in [-0.15, -0.1) is 0 Å². The van der Waals surface area contributed by atoms with Crippen molar-refractivity contribution in [2.45, 2.75) is 0 Å². The van der Waals surface area contributed by atoms with Gasteiger partial charge in [-0.2, -0.15) is 10.2 Å². The van der Waals surface area contributed by atoms with E-state index in [1.54, 1.807) is 17.1 Å². The SMILES string of the molecule is Cn1cc(-c2cc3c(c4cccnc24)NCC(N)=C3c2cc(F)c(F)c3[nH]ncc23)cn1. The number of hydrogen-bond donors (Lipinski definition) is 3. The van der Waals surface area contributed by atoms with E-state index in [9.17, 15) is 8.78 Å². The van der Waals surface area contributed by atoms with Crippen molar-refractivity contribution < 1.29 is 8.78 Å². The van der Waals surface area contributed by atoms with Gasteiger partial charge in [0.05, 0.1) is 30.1 Å². The summed E-state index contributed by atoms with van der Waals surface area (Å²) in [5.41, 5.74) is 12.3. The highest BCUT2D eigenvalue weighted by Crippen LogP contribution is 2.44. The molecule has 0 radical (unpaired) electrons. The molecule has 0 bridgehead atoms. The number of rotatable bonds is 2. The predicted molar refractivity (Wildman–Crippen MR) is 119 cm³/mol. The first-order valence-electron chi connectivity index (χ1n) is 9.98. The molecule has 2 aromatic carbocycles. The summed E-state index contributed by atoms with van der Waals surface area (Å²) in [4.78, 5) is 4.61. The van der Waals surface area contributed by atoms with Gasteiger partial charge in [0.15, 0.2) is 11.6 Å². The molecule has 0 saturated heterocycles. The van der Waals surface area contributed by atoms with E-state index in [1.165, 1.54) is 12.3 Å². The quantitative estimate of drug-likeness (QED) is 0.395. The minimum absolute atomic E-state index is 0.00956. The average Bonchev–Trinajstić information content (AvgIpc) is 3.45. The molecule has 32 heavy (non-hydrogen) atoms. The van der Waals surface area contributed by atoms with Gasteiger partial charge in [-0.25, -0.2) is 8.78 Å². The van der Waals surface area contributed by atoms with Crippen molar-refractivity contribution in [2.75, 3.05) is 11.9 Å². The summed E-state index contributed by atoms with van der Waals surface area (Å²) in [7, 11) is 1.85. The number of aromatic nitrogens is 5. The Bertz CT molecular complexity index is 1580. The van der Waals surface area contributed by atoms with E-state index >= 15 is 0 Å². The molecule has 0 unspecified atom stereocenters. The largest absolute Gasteiger partial charge is 0.400 e. The number of H-pyrrole nitrogens is 1. The lowest BCUT2D eigenvalue weighted by Crippen LogP contribution is -2.21. The lowest BCUT2D eigenvalue weighted by atomic mass is 9.86. The van der Waals surface area contributed by atoms with Crippen molar-refractivity contribution in [1.29, 1.82) is 0 Å². The van der Waals surface area contributed by atoms with Crippen LogP contribution in [-0.2, 0) is 7.05 Å². The second-order valence-corrected chi connectivity index (χ2v) is 7.78. The van der Waals surface area contributed by atoms with Crippen molar-refractivity contribution in [3.05, 3.63) is 77.5 Å². The zero-order valence-electron chi connectivity index (χ0n) is 16.9. The number of pyridine rings is 1. The molecule has 0 fully saturated rings. The van der Waals surface area contributed by atoms with Gasteiger partial charge in [0, 0.05) is 58.2 Å². The summed E-state index contributed by atoms with van der Waals surface area (Å²) in [6.07, 6.45) is 6.90. The number of nitrogens with two attached hydrogens (primary N) is 1. The first-order valence-corrected chi connectivity index (χ1v) is 9.98. The van der Waals surface area contributed by atoms with Crippen molar-refractivity contribution >= 4 is 33.1 Å². The van der Waals surface area contributed by atoms with Gasteiger partial charge in [0.25, 0.3) is 0 Å². The molecule has 4 heterocycles. The molecule has 5 aromatic rings. The molecular formula is C23H17F2N7. The van der Waals surface area contributed by atoms with Gasteiger partial charge in [-0.05, 0) is 29.8 Å². The van der Waals surface area contributed by atoms with Crippen LogP contribution in [0.4, 0.5) is 14.5 Å². The molecule has 6 rings (SSSR count). The summed E-state index contributed by atoms with van der Waals surface area (Å²) in [5.74, 6) is -1.93. The van der Waals surface area contributed by atoms with Crippen LogP contribution in [0, 0.1) is 11.6 Å². The van der Waals surface area contributed by atoms with Crippen LogP contribution >= 0.6 is 0 Å². The van der Waals surface area contributed by atoms with Crippen LogP contribution < -0.4 is 11.1 Å². The Morgan fingerprint density at radius 3 is 2.78 bits per heavy atom. The summed E-state index contributed by atoms with van der Waals surface area (Å²) in [6.45, 7) is 0.358. The molecule has 0 saturated carbocycles. The molecule has 4 N–H and O–H groups in total. The number of anilines is 1. The summed E-state index contributed by atoms with van der Waals surface area (Å²) >= 11 is 0. The van der Waals surface area contributed by atoms with E-state index < -0.39 is 11.6 Å². The third-order valence-electron chi connectivity index (χ3n) is 5.85. The van der Waals surface area contributed by atoms with Gasteiger partial charge in [0.2, 0.25) is 0 Å². The maximum absolute atomic E-state index is 14.5. The fraction of sp³-hybridized carbons (Fsp3) is 0.0870. The lowest BCUT2D eigenvalue weighted by molar-refractivity contribution is 0.515. The van der Waals surface area contributed by atoms with Crippen LogP contribution in [0.1, 0.15) is 11.1 Å². The van der Waals surface area contributed by atoms with Gasteiger partial charge >= 0.3 is 0 Å². The third-order valence-corrected chi connectivity index (χ3v) is 5.85. The van der Waals surface area contributed by atoms with Crippen LogP contribution in [0.15, 0.2) is 54.7 Å². The van der Waals surface area contributed by atoms with Crippen LogP contribution in [0.5, 0.6) is 0 Å². The smallest absolute Gasteiger partial charge is 0.184 e. The molecular weight excluding hydrogens is 412 g/mol. The minimum atomic E-state index is -0.966. The molecule has 0 amide bonds. The molecule has 1 aliphatic rings. The van der Waals surface area contributed by atoms with Crippen molar-refractivity contribution in [2.24, 2.45) is 12.8 Å². The van der Waals surface area contributed by atoms with E-state index in [0.717, 1.165) is 33.3 Å². The Morgan fingerprint density at radius 1 is 1.09 bits per heavy atom. The van der Waals surface area contributed by atoms with Crippen LogP contribution in [-0.4, -0.2) is 31.5 Å². The average molecular weight is 429 g/mol. The molecule has 158 valence electrons. The fourth-order valence-electron chi connectivity index (χ4n) is 4.43. The highest BCUT2D eigenvalue weighted by Gasteiger charge is 2.26. The number of aryl methyl sites for hydroxylation is 1. The van der Waals surface area contributed by atoms with E-state index in [4.69, 9.17) is 5.73 Å². The maximum Gasteiger partial charge on any atom is 0.184 e. The number of aromatic amines is 1. The number of benzene rings is 2. The number of nitrogens with zero attached hydrogens (tertiary/aromatic N) is 4. The molecule has 9 heteroatoms. The van der Waals surface area contributed by atoms with Crippen molar-refractivity contribution in [3.8, 4) is 11.1 Å². The van der Waals surface area contributed by atoms with Crippen molar-refractivity contribution in [3.63, 3.8) is 0 Å². The normalized spacial score (nSPS) is 13.6. The second-order valence-electron chi connectivity index (χ2n) is 7.78. The van der Waals surface area contributed by atoms with Crippen LogP contribution in [0.3, 0.4) is 0 Å². The van der Waals surface area contributed by atoms with Gasteiger partial charge < -0.3 is 11.1 Å². The lowest BCUT2D eigenvalue weighted by Gasteiger charge is -2.26. The number of halogens is 2. The second kappa shape index (κ2) is 6.61. The highest BCUT2D eigenvalue weighted by molar-refractivity contribution is 6.10. The van der Waals surface area contributed by atoms with E-state index in [2.05, 4.69) is 25.6 Å². The molecule has 0 atom stereocenters. The fourth-order valence-corrected chi connectivity index (χ4v) is 4.43. The molecule has 0 spiro atoms. The first-order chi connectivity index (χ1) is 15.5. The Morgan fingerprint density at radius 2 is 1.97 bits per heavy atom. The molecule has 0 aliphatic carbocycles. The van der Waals surface area contributed by atoms with Crippen LogP contribution in [0.25, 0.3) is 38.5 Å². The Balaban J connectivity index is 1.71. The Labute approximate surface area is 180 Å². The summed E-state index contributed by atoms with van der Waals surface area (Å²) in [5, 5.41) is 15.5. The number of fused-ring (bicyclic) bond motifs is 4. The molecule has 7 nitrogen and oxygen atoms in total. The summed E-state index contributed by atoms with van der Waals surface area (Å²) in [6, 6.07) is 7.00. The standard InChI is InChI=1S/C23H17F2N7/c1-32-10-11(7-30-32)13-5-15-19(14-6-17(24)20(25)23-16(14)8-29-31-23)18(26)9-28-22(15)12-3-2-4-27-21(12)13/h2-8,10,28H,9,26H2,1H3,(H,29,31). The van der Waals surface area contributed by atoms with E-state index in [1.807, 2.05) is 31.4 Å². The Hall–Kier alpha value is -4.27. The number of nitrogens with one attached hydrogen (secondary N) is 2. The zero-order chi connectivity index (χ0) is 22.0. The highest BCUT2D eigenvalue weighted by atomic mass is 19.2. The monoisotopic (exact) mass is 429 g/mol. The molecule has 3 aromatic heterocycles. The van der Waals surface area contributed by atoms with Crippen molar-refractivity contribution in [1.82, 2.24) is 25.0 Å². The van der Waals surface area contributed by atoms with Gasteiger partial charge in [0.1, 0.15) is 5.52 Å². The number of hydrogen-bond acceptors (Lipinski definition) is 5. The zero-order valence-corrected chi connectivity index (χ0v) is 16.9.